The van der Waals surface area contributed by atoms with Gasteiger partial charge in [0.05, 0.1) is 0 Å². The molecule has 1 heterocycles. The predicted octanol–water partition coefficient (Wildman–Crippen LogP) is -0.812. The van der Waals surface area contributed by atoms with E-state index in [-0.39, 0.29) is 25.0 Å². The molecule has 1 saturated heterocycles. The molecule has 0 aromatic heterocycles. The van der Waals surface area contributed by atoms with Crippen LogP contribution in [0.1, 0.15) is 46.5 Å². The lowest BCUT2D eigenvalue weighted by molar-refractivity contribution is -0.137. The van der Waals surface area contributed by atoms with Gasteiger partial charge in [0.25, 0.3) is 16.1 Å². The quantitative estimate of drug-likeness (QED) is 0.318. The van der Waals surface area contributed by atoms with Gasteiger partial charge in [-0.1, -0.05) is 12.8 Å². The second kappa shape index (κ2) is 7.89. The summed E-state index contributed by atoms with van der Waals surface area (Å²) in [6.45, 7) is 4.89. The largest absolute Gasteiger partial charge is 0.353 e. The van der Waals surface area contributed by atoms with E-state index >= 15 is 0 Å². The van der Waals surface area contributed by atoms with Gasteiger partial charge >= 0.3 is 6.03 Å². The molecule has 11 heteroatoms. The minimum absolute atomic E-state index is 0.00933. The van der Waals surface area contributed by atoms with Gasteiger partial charge in [-0.25, -0.2) is 14.4 Å². The third-order valence-electron chi connectivity index (χ3n) is 4.52. The highest BCUT2D eigenvalue weighted by molar-refractivity contribution is 7.87. The SMILES string of the molecule is CC(C)NS(=O)(=O)NCCNC(=O)[C@H](C)N1C(=O)NC2(CCCC2)C1=O. The van der Waals surface area contributed by atoms with Crippen molar-refractivity contribution >= 4 is 28.1 Å². The lowest BCUT2D eigenvalue weighted by Crippen LogP contribution is -2.51. The highest BCUT2D eigenvalue weighted by atomic mass is 32.2. The van der Waals surface area contributed by atoms with E-state index in [0.717, 1.165) is 17.7 Å². The van der Waals surface area contributed by atoms with E-state index in [1.165, 1.54) is 6.92 Å². The number of nitrogens with zero attached hydrogens (tertiary/aromatic N) is 1. The topological polar surface area (TPSA) is 137 Å². The Morgan fingerprint density at radius 2 is 1.81 bits per heavy atom. The molecule has 10 nitrogen and oxygen atoms in total. The third kappa shape index (κ3) is 4.51. The molecule has 2 rings (SSSR count). The first-order chi connectivity index (χ1) is 12.1. The van der Waals surface area contributed by atoms with Crippen LogP contribution in [0.3, 0.4) is 0 Å². The first kappa shape index (κ1) is 20.6. The molecule has 4 N–H and O–H groups in total. The van der Waals surface area contributed by atoms with E-state index in [4.69, 9.17) is 0 Å². The predicted molar refractivity (Wildman–Crippen MR) is 94.2 cm³/mol. The summed E-state index contributed by atoms with van der Waals surface area (Å²) in [6, 6.07) is -1.76. The zero-order chi connectivity index (χ0) is 19.5. The molecule has 2 fully saturated rings. The minimum atomic E-state index is -3.63. The summed E-state index contributed by atoms with van der Waals surface area (Å²) in [6.07, 6.45) is 2.91. The van der Waals surface area contributed by atoms with Gasteiger partial charge in [-0.05, 0) is 33.6 Å². The maximum atomic E-state index is 12.6. The molecule has 1 aliphatic heterocycles. The number of imide groups is 1. The first-order valence-electron chi connectivity index (χ1n) is 8.78. The highest BCUT2D eigenvalue weighted by Gasteiger charge is 2.54. The van der Waals surface area contributed by atoms with Crippen molar-refractivity contribution in [3.63, 3.8) is 0 Å². The van der Waals surface area contributed by atoms with E-state index in [2.05, 4.69) is 20.1 Å². The molecule has 4 amide bonds. The van der Waals surface area contributed by atoms with Crippen LogP contribution in [-0.2, 0) is 19.8 Å². The van der Waals surface area contributed by atoms with Crippen molar-refractivity contribution in [2.24, 2.45) is 0 Å². The summed E-state index contributed by atoms with van der Waals surface area (Å²) < 4.78 is 27.9. The van der Waals surface area contributed by atoms with Crippen molar-refractivity contribution in [2.75, 3.05) is 13.1 Å². The standard InChI is InChI=1S/C15H27N5O5S/c1-10(2)19-26(24,25)17-9-8-16-12(21)11(3)20-13(22)15(18-14(20)23)6-4-5-7-15/h10-11,17,19H,4-9H2,1-3H3,(H,16,21)(H,18,23)/t11-/m0/s1. The number of rotatable bonds is 8. The molecule has 148 valence electrons. The van der Waals surface area contributed by atoms with Gasteiger partial charge in [-0.15, -0.1) is 0 Å². The monoisotopic (exact) mass is 389 g/mol. The van der Waals surface area contributed by atoms with Crippen LogP contribution in [0, 0.1) is 0 Å². The van der Waals surface area contributed by atoms with Gasteiger partial charge in [0.15, 0.2) is 0 Å². The molecular formula is C15H27N5O5S. The van der Waals surface area contributed by atoms with Gasteiger partial charge in [-0.3, -0.25) is 9.59 Å². The number of hydrogen-bond acceptors (Lipinski definition) is 5. The van der Waals surface area contributed by atoms with Gasteiger partial charge in [-0.2, -0.15) is 13.1 Å². The zero-order valence-electron chi connectivity index (χ0n) is 15.3. The van der Waals surface area contributed by atoms with Crippen molar-refractivity contribution < 1.29 is 22.8 Å². The van der Waals surface area contributed by atoms with Crippen LogP contribution < -0.4 is 20.1 Å². The van der Waals surface area contributed by atoms with Crippen molar-refractivity contribution in [3.05, 3.63) is 0 Å². The number of carbonyl (C=O) groups excluding carboxylic acids is 3. The lowest BCUT2D eigenvalue weighted by atomic mass is 9.97. The second-order valence-corrected chi connectivity index (χ2v) is 8.56. The molecule has 0 radical (unpaired) electrons. The van der Waals surface area contributed by atoms with Crippen LogP contribution in [0.15, 0.2) is 0 Å². The van der Waals surface area contributed by atoms with Gasteiger partial charge in [0.1, 0.15) is 11.6 Å². The average Bonchev–Trinajstić information content (AvgIpc) is 3.08. The van der Waals surface area contributed by atoms with Crippen LogP contribution in [0.4, 0.5) is 4.79 Å². The van der Waals surface area contributed by atoms with Crippen LogP contribution in [-0.4, -0.2) is 61.9 Å². The maximum absolute atomic E-state index is 12.6. The smallest absolute Gasteiger partial charge is 0.325 e. The number of amides is 4. The van der Waals surface area contributed by atoms with E-state index in [1.54, 1.807) is 13.8 Å². The molecule has 0 unspecified atom stereocenters. The van der Waals surface area contributed by atoms with E-state index in [0.29, 0.717) is 12.8 Å². The third-order valence-corrected chi connectivity index (χ3v) is 5.89. The maximum Gasteiger partial charge on any atom is 0.325 e. The van der Waals surface area contributed by atoms with Crippen molar-refractivity contribution in [3.8, 4) is 0 Å². The summed E-state index contributed by atoms with van der Waals surface area (Å²) >= 11 is 0. The summed E-state index contributed by atoms with van der Waals surface area (Å²) in [5.74, 6) is -0.871. The lowest BCUT2D eigenvalue weighted by Gasteiger charge is -2.23. The van der Waals surface area contributed by atoms with Crippen LogP contribution in [0.2, 0.25) is 0 Å². The van der Waals surface area contributed by atoms with Crippen LogP contribution >= 0.6 is 0 Å². The summed E-state index contributed by atoms with van der Waals surface area (Å²) in [7, 11) is -3.63. The summed E-state index contributed by atoms with van der Waals surface area (Å²) in [4.78, 5) is 38.0. The molecule has 1 spiro atoms. The van der Waals surface area contributed by atoms with Crippen LogP contribution in [0.5, 0.6) is 0 Å². The summed E-state index contributed by atoms with van der Waals surface area (Å²) in [5.41, 5.74) is -0.857. The first-order valence-corrected chi connectivity index (χ1v) is 10.3. The van der Waals surface area contributed by atoms with Gasteiger partial charge in [0, 0.05) is 19.1 Å². The Kier molecular flexibility index (Phi) is 6.25. The fourth-order valence-electron chi connectivity index (χ4n) is 3.30. The normalized spacial score (nSPS) is 20.7. The average molecular weight is 389 g/mol. The number of urea groups is 1. The highest BCUT2D eigenvalue weighted by Crippen LogP contribution is 2.35. The van der Waals surface area contributed by atoms with Crippen molar-refractivity contribution in [2.45, 2.75) is 64.1 Å². The fraction of sp³-hybridized carbons (Fsp3) is 0.800. The Balaban J connectivity index is 1.84. The second-order valence-electron chi connectivity index (χ2n) is 7.03. The molecular weight excluding hydrogens is 362 g/mol. The number of nitrogens with one attached hydrogen (secondary N) is 4. The van der Waals surface area contributed by atoms with Crippen molar-refractivity contribution in [1.29, 1.82) is 0 Å². The van der Waals surface area contributed by atoms with Crippen molar-refractivity contribution in [1.82, 2.24) is 25.0 Å². The van der Waals surface area contributed by atoms with E-state index in [1.807, 2.05) is 0 Å². The van der Waals surface area contributed by atoms with Gasteiger partial charge in [0.2, 0.25) is 5.91 Å². The Morgan fingerprint density at radius 3 is 2.38 bits per heavy atom. The Labute approximate surface area is 153 Å². The molecule has 1 aliphatic carbocycles. The molecule has 0 aromatic carbocycles. The molecule has 1 saturated carbocycles. The van der Waals surface area contributed by atoms with E-state index < -0.39 is 33.7 Å². The minimum Gasteiger partial charge on any atom is -0.353 e. The summed E-state index contributed by atoms with van der Waals surface area (Å²) in [5, 5.41) is 5.27. The number of hydrogen-bond donors (Lipinski definition) is 4. The Hall–Kier alpha value is -1.72. The molecule has 26 heavy (non-hydrogen) atoms. The van der Waals surface area contributed by atoms with E-state index in [9.17, 15) is 22.8 Å². The molecule has 1 atom stereocenters. The Morgan fingerprint density at radius 1 is 1.19 bits per heavy atom. The molecule has 2 aliphatic rings. The van der Waals surface area contributed by atoms with Crippen LogP contribution in [0.25, 0.3) is 0 Å². The fourth-order valence-corrected chi connectivity index (χ4v) is 4.37. The Bertz CT molecular complexity index is 672. The molecule has 0 aromatic rings. The molecule has 0 bridgehead atoms. The van der Waals surface area contributed by atoms with Gasteiger partial charge < -0.3 is 10.6 Å². The number of carbonyl (C=O) groups is 3. The zero-order valence-corrected chi connectivity index (χ0v) is 16.1.